The summed E-state index contributed by atoms with van der Waals surface area (Å²) in [5.41, 5.74) is 9.99. The fraction of sp³-hybridized carbons (Fsp3) is 0.440. The SMILES string of the molecule is Cc1[nH]c2c(-c3cc(F)ccc3OCC3CC3)ccnc2c1C(=O)N[C@H]1CC[C@H](N)CC1.Cl. The maximum Gasteiger partial charge on any atom is 0.255 e. The number of halogens is 2. The molecule has 0 spiro atoms. The molecule has 0 bridgehead atoms. The normalized spacial score (nSPS) is 20.3. The predicted molar refractivity (Wildman–Crippen MR) is 129 cm³/mol. The molecule has 2 aliphatic carbocycles. The summed E-state index contributed by atoms with van der Waals surface area (Å²) in [7, 11) is 0. The lowest BCUT2D eigenvalue weighted by atomic mass is 9.91. The van der Waals surface area contributed by atoms with Crippen molar-refractivity contribution in [1.29, 1.82) is 0 Å². The fourth-order valence-corrected chi connectivity index (χ4v) is 4.56. The largest absolute Gasteiger partial charge is 0.493 e. The molecule has 1 amide bonds. The molecule has 2 saturated carbocycles. The lowest BCUT2D eigenvalue weighted by molar-refractivity contribution is 0.0927. The highest BCUT2D eigenvalue weighted by Gasteiger charge is 2.26. The molecule has 6 nitrogen and oxygen atoms in total. The third-order valence-corrected chi connectivity index (χ3v) is 6.61. The third-order valence-electron chi connectivity index (χ3n) is 6.61. The second-order valence-corrected chi connectivity index (χ2v) is 9.19. The van der Waals surface area contributed by atoms with Crippen LogP contribution in [0.4, 0.5) is 4.39 Å². The maximum absolute atomic E-state index is 14.2. The fourth-order valence-electron chi connectivity index (χ4n) is 4.56. The van der Waals surface area contributed by atoms with Crippen LogP contribution in [0.1, 0.15) is 54.6 Å². The highest BCUT2D eigenvalue weighted by molar-refractivity contribution is 6.09. The number of fused-ring (bicyclic) bond motifs is 1. The van der Waals surface area contributed by atoms with Crippen LogP contribution in [0.3, 0.4) is 0 Å². The number of amides is 1. The quantitative estimate of drug-likeness (QED) is 0.476. The van der Waals surface area contributed by atoms with E-state index in [1.807, 2.05) is 13.0 Å². The molecule has 2 aliphatic rings. The number of H-pyrrole nitrogens is 1. The second-order valence-electron chi connectivity index (χ2n) is 9.19. The van der Waals surface area contributed by atoms with Crippen LogP contribution >= 0.6 is 12.4 Å². The summed E-state index contributed by atoms with van der Waals surface area (Å²) in [6.07, 6.45) is 7.63. The minimum Gasteiger partial charge on any atom is -0.493 e. The summed E-state index contributed by atoms with van der Waals surface area (Å²) in [4.78, 5) is 21.0. The average Bonchev–Trinajstić information content (AvgIpc) is 3.54. The van der Waals surface area contributed by atoms with Gasteiger partial charge in [-0.1, -0.05) is 0 Å². The number of aryl methyl sites for hydroxylation is 1. The van der Waals surface area contributed by atoms with Crippen molar-refractivity contribution in [3.8, 4) is 16.9 Å². The van der Waals surface area contributed by atoms with Crippen molar-refractivity contribution in [2.75, 3.05) is 6.61 Å². The van der Waals surface area contributed by atoms with Crippen molar-refractivity contribution in [1.82, 2.24) is 15.3 Å². The van der Waals surface area contributed by atoms with Crippen LogP contribution in [0.15, 0.2) is 30.5 Å². The number of carbonyl (C=O) groups is 1. The molecule has 5 rings (SSSR count). The van der Waals surface area contributed by atoms with E-state index in [0.29, 0.717) is 40.4 Å². The molecule has 2 heterocycles. The Labute approximate surface area is 198 Å². The van der Waals surface area contributed by atoms with E-state index in [1.165, 1.54) is 25.0 Å². The van der Waals surface area contributed by atoms with E-state index >= 15 is 0 Å². The molecule has 33 heavy (non-hydrogen) atoms. The first-order valence-corrected chi connectivity index (χ1v) is 11.5. The molecular formula is C25H30ClFN4O2. The number of rotatable bonds is 6. The van der Waals surface area contributed by atoms with Gasteiger partial charge in [0.05, 0.1) is 17.7 Å². The topological polar surface area (TPSA) is 93.0 Å². The summed E-state index contributed by atoms with van der Waals surface area (Å²) in [6, 6.07) is 6.76. The van der Waals surface area contributed by atoms with Crippen molar-refractivity contribution in [2.45, 2.75) is 57.5 Å². The summed E-state index contributed by atoms with van der Waals surface area (Å²) >= 11 is 0. The minimum absolute atomic E-state index is 0. The predicted octanol–water partition coefficient (Wildman–Crippen LogP) is 4.89. The van der Waals surface area contributed by atoms with Gasteiger partial charge in [-0.2, -0.15) is 0 Å². The summed E-state index contributed by atoms with van der Waals surface area (Å²) in [6.45, 7) is 2.50. The van der Waals surface area contributed by atoms with Crippen LogP contribution in [0.5, 0.6) is 5.75 Å². The van der Waals surface area contributed by atoms with E-state index in [-0.39, 0.29) is 36.2 Å². The smallest absolute Gasteiger partial charge is 0.255 e. The van der Waals surface area contributed by atoms with Crippen molar-refractivity contribution in [3.05, 3.63) is 47.5 Å². The molecule has 3 aromatic rings. The molecular weight excluding hydrogens is 443 g/mol. The highest BCUT2D eigenvalue weighted by Crippen LogP contribution is 2.38. The second kappa shape index (κ2) is 9.69. The van der Waals surface area contributed by atoms with E-state index in [0.717, 1.165) is 36.9 Å². The standard InChI is InChI=1S/C25H29FN4O2.ClH/c1-14-22(25(31)30-18-7-5-17(27)6-8-18)24-23(29-14)19(10-11-28-24)20-12-16(26)4-9-21(20)32-13-15-2-3-15;/h4,9-12,15,17-18,29H,2-3,5-8,13,27H2,1H3,(H,30,31);1H/t17-,18-;. The van der Waals surface area contributed by atoms with Crippen LogP contribution in [0.2, 0.25) is 0 Å². The number of pyridine rings is 1. The van der Waals surface area contributed by atoms with Gasteiger partial charge in [0.25, 0.3) is 5.91 Å². The maximum atomic E-state index is 14.2. The molecule has 8 heteroatoms. The van der Waals surface area contributed by atoms with Crippen molar-refractivity contribution >= 4 is 29.3 Å². The van der Waals surface area contributed by atoms with Gasteiger partial charge in [-0.15, -0.1) is 12.4 Å². The first-order chi connectivity index (χ1) is 15.5. The molecule has 0 atom stereocenters. The Kier molecular flexibility index (Phi) is 6.91. The zero-order valence-corrected chi connectivity index (χ0v) is 19.5. The van der Waals surface area contributed by atoms with Gasteiger partial charge in [0.15, 0.2) is 0 Å². The third kappa shape index (κ3) is 4.99. The van der Waals surface area contributed by atoms with Gasteiger partial charge < -0.3 is 20.8 Å². The molecule has 0 unspecified atom stereocenters. The van der Waals surface area contributed by atoms with Gasteiger partial charge in [0.1, 0.15) is 17.1 Å². The number of carbonyl (C=O) groups excluding carboxylic acids is 1. The number of aromatic nitrogens is 2. The first kappa shape index (κ1) is 23.5. The van der Waals surface area contributed by atoms with E-state index in [2.05, 4.69) is 15.3 Å². The number of aromatic amines is 1. The molecule has 2 aromatic heterocycles. The van der Waals surface area contributed by atoms with E-state index < -0.39 is 0 Å². The van der Waals surface area contributed by atoms with Gasteiger partial charge >= 0.3 is 0 Å². The summed E-state index contributed by atoms with van der Waals surface area (Å²) in [5.74, 6) is 0.758. The first-order valence-electron chi connectivity index (χ1n) is 11.5. The monoisotopic (exact) mass is 472 g/mol. The van der Waals surface area contributed by atoms with E-state index in [4.69, 9.17) is 10.5 Å². The van der Waals surface area contributed by atoms with Crippen LogP contribution in [0, 0.1) is 18.7 Å². The Morgan fingerprint density at radius 1 is 1.18 bits per heavy atom. The Hall–Kier alpha value is -2.64. The van der Waals surface area contributed by atoms with Gasteiger partial charge in [-0.05, 0) is 75.6 Å². The lowest BCUT2D eigenvalue weighted by Gasteiger charge is -2.26. The number of ether oxygens (including phenoxy) is 1. The van der Waals surface area contributed by atoms with E-state index in [1.54, 1.807) is 12.3 Å². The molecule has 0 aliphatic heterocycles. The van der Waals surface area contributed by atoms with Crippen molar-refractivity contribution in [2.24, 2.45) is 11.7 Å². The number of hydrogen-bond donors (Lipinski definition) is 3. The van der Waals surface area contributed by atoms with Crippen molar-refractivity contribution < 1.29 is 13.9 Å². The van der Waals surface area contributed by atoms with Crippen LogP contribution in [-0.4, -0.2) is 34.6 Å². The molecule has 176 valence electrons. The van der Waals surface area contributed by atoms with Gasteiger partial charge in [0.2, 0.25) is 0 Å². The molecule has 2 fully saturated rings. The summed E-state index contributed by atoms with van der Waals surface area (Å²) in [5, 5.41) is 3.16. The Balaban J connectivity index is 0.00000259. The summed E-state index contributed by atoms with van der Waals surface area (Å²) < 4.78 is 20.2. The molecule has 0 radical (unpaired) electrons. The van der Waals surface area contributed by atoms with Crippen molar-refractivity contribution in [3.63, 3.8) is 0 Å². The van der Waals surface area contributed by atoms with Gasteiger partial charge in [-0.25, -0.2) is 4.39 Å². The zero-order chi connectivity index (χ0) is 22.2. The molecule has 0 saturated heterocycles. The van der Waals surface area contributed by atoms with Crippen LogP contribution in [-0.2, 0) is 0 Å². The highest BCUT2D eigenvalue weighted by atomic mass is 35.5. The Morgan fingerprint density at radius 2 is 1.94 bits per heavy atom. The Morgan fingerprint density at radius 3 is 2.67 bits per heavy atom. The Bertz CT molecular complexity index is 1150. The van der Waals surface area contributed by atoms with Crippen LogP contribution < -0.4 is 15.8 Å². The average molecular weight is 473 g/mol. The molecule has 1 aromatic carbocycles. The number of nitrogens with zero attached hydrogens (tertiary/aromatic N) is 1. The number of nitrogens with one attached hydrogen (secondary N) is 2. The lowest BCUT2D eigenvalue weighted by Crippen LogP contribution is -2.40. The van der Waals surface area contributed by atoms with Gasteiger partial charge in [0, 0.05) is 35.1 Å². The minimum atomic E-state index is -0.333. The zero-order valence-electron chi connectivity index (χ0n) is 18.7. The number of nitrogens with two attached hydrogens (primary N) is 1. The number of benzene rings is 1. The van der Waals surface area contributed by atoms with E-state index in [9.17, 15) is 9.18 Å². The number of hydrogen-bond acceptors (Lipinski definition) is 4. The molecule has 4 N–H and O–H groups in total. The van der Waals surface area contributed by atoms with Gasteiger partial charge in [-0.3, -0.25) is 9.78 Å². The van der Waals surface area contributed by atoms with Crippen LogP contribution in [0.25, 0.3) is 22.2 Å².